The highest BCUT2D eigenvalue weighted by molar-refractivity contribution is 7.08. The molecule has 0 atom stereocenters. The van der Waals surface area contributed by atoms with Gasteiger partial charge in [-0.05, 0) is 22.7 Å². The third kappa shape index (κ3) is 4.34. The molecule has 0 aliphatic rings. The fraction of sp³-hybridized carbons (Fsp3) is 0.294. The van der Waals surface area contributed by atoms with E-state index >= 15 is 0 Å². The minimum absolute atomic E-state index is 0.0350. The van der Waals surface area contributed by atoms with E-state index in [1.54, 1.807) is 44.8 Å². The van der Waals surface area contributed by atoms with E-state index in [0.717, 1.165) is 11.1 Å². The molecule has 27 heavy (non-hydrogen) atoms. The Bertz CT molecular complexity index is 910. The number of carbonyl (C=O) groups excluding carboxylic acids is 1. The molecule has 3 aromatic rings. The molecule has 0 fully saturated rings. The van der Waals surface area contributed by atoms with E-state index in [2.05, 4.69) is 20.7 Å². The number of nitrogens with one attached hydrogen (secondary N) is 1. The van der Waals surface area contributed by atoms with Crippen molar-refractivity contribution in [3.8, 4) is 28.6 Å². The van der Waals surface area contributed by atoms with Gasteiger partial charge >= 0.3 is 0 Å². The number of rotatable bonds is 8. The summed E-state index contributed by atoms with van der Waals surface area (Å²) in [5.74, 6) is 1.94. The second-order valence-corrected chi connectivity index (χ2v) is 6.23. The van der Waals surface area contributed by atoms with Crippen LogP contribution in [0.4, 0.5) is 0 Å². The van der Waals surface area contributed by atoms with Crippen LogP contribution in [0.2, 0.25) is 0 Å². The molecule has 2 aromatic heterocycles. The second kappa shape index (κ2) is 8.49. The topological polar surface area (TPSA) is 100 Å². The van der Waals surface area contributed by atoms with Crippen LogP contribution in [-0.2, 0) is 17.9 Å². The van der Waals surface area contributed by atoms with Gasteiger partial charge < -0.3 is 19.5 Å². The highest BCUT2D eigenvalue weighted by Gasteiger charge is 2.14. The van der Waals surface area contributed by atoms with Crippen LogP contribution >= 0.6 is 11.3 Å². The number of amides is 1. The fourth-order valence-corrected chi connectivity index (χ4v) is 3.06. The van der Waals surface area contributed by atoms with Gasteiger partial charge in [0.1, 0.15) is 12.3 Å². The Morgan fingerprint density at radius 1 is 1.15 bits per heavy atom. The first-order valence-corrected chi connectivity index (χ1v) is 8.94. The lowest BCUT2D eigenvalue weighted by Crippen LogP contribution is -2.28. The van der Waals surface area contributed by atoms with Gasteiger partial charge in [-0.15, -0.1) is 10.2 Å². The monoisotopic (exact) mass is 389 g/mol. The Balaban J connectivity index is 1.64. The Labute approximate surface area is 159 Å². The highest BCUT2D eigenvalue weighted by Crippen LogP contribution is 2.34. The molecule has 10 heteroatoms. The zero-order valence-corrected chi connectivity index (χ0v) is 15.9. The number of ether oxygens (including phenoxy) is 3. The van der Waals surface area contributed by atoms with E-state index in [4.69, 9.17) is 14.2 Å². The summed E-state index contributed by atoms with van der Waals surface area (Å²) < 4.78 is 15.9. The predicted octanol–water partition coefficient (Wildman–Crippen LogP) is 1.74. The van der Waals surface area contributed by atoms with Gasteiger partial charge in [0, 0.05) is 29.1 Å². The minimum atomic E-state index is -0.249. The van der Waals surface area contributed by atoms with E-state index in [0.29, 0.717) is 23.1 Å². The van der Waals surface area contributed by atoms with Crippen molar-refractivity contribution >= 4 is 17.2 Å². The van der Waals surface area contributed by atoms with Crippen LogP contribution < -0.4 is 19.5 Å². The second-order valence-electron chi connectivity index (χ2n) is 5.45. The maximum atomic E-state index is 12.2. The first-order chi connectivity index (χ1) is 13.1. The number of hydrogen-bond acceptors (Lipinski definition) is 8. The van der Waals surface area contributed by atoms with Crippen molar-refractivity contribution in [1.82, 2.24) is 25.5 Å². The predicted molar refractivity (Wildman–Crippen MR) is 99.1 cm³/mol. The lowest BCUT2D eigenvalue weighted by Gasteiger charge is -2.14. The van der Waals surface area contributed by atoms with Crippen molar-refractivity contribution < 1.29 is 19.0 Å². The molecule has 0 bridgehead atoms. The number of nitrogens with zero attached hydrogens (tertiary/aromatic N) is 4. The standard InChI is InChI=1S/C17H19N5O4S/c1-24-13-7-15(26-3)14(25-2)6-12(13)8-18-16(23)9-22-20-17(19-21-22)11-4-5-27-10-11/h4-7,10H,8-9H2,1-3H3,(H,18,23). The van der Waals surface area contributed by atoms with Gasteiger partial charge in [-0.2, -0.15) is 16.1 Å². The van der Waals surface area contributed by atoms with Gasteiger partial charge in [-0.1, -0.05) is 0 Å². The third-order valence-electron chi connectivity index (χ3n) is 3.78. The Morgan fingerprint density at radius 2 is 1.89 bits per heavy atom. The molecule has 0 spiro atoms. The van der Waals surface area contributed by atoms with Gasteiger partial charge in [0.15, 0.2) is 11.5 Å². The Hall–Kier alpha value is -3.14. The zero-order chi connectivity index (χ0) is 19.2. The molecule has 9 nitrogen and oxygen atoms in total. The van der Waals surface area contributed by atoms with Crippen LogP contribution in [0.5, 0.6) is 17.2 Å². The molecular formula is C17H19N5O4S. The SMILES string of the molecule is COc1cc(OC)c(OC)cc1CNC(=O)Cn1nnc(-c2ccsc2)n1. The molecule has 1 N–H and O–H groups in total. The van der Waals surface area contributed by atoms with Crippen molar-refractivity contribution in [2.45, 2.75) is 13.1 Å². The van der Waals surface area contributed by atoms with Crippen LogP contribution in [0, 0.1) is 0 Å². The molecular weight excluding hydrogens is 370 g/mol. The van der Waals surface area contributed by atoms with Crippen LogP contribution in [-0.4, -0.2) is 47.4 Å². The normalized spacial score (nSPS) is 10.5. The zero-order valence-electron chi connectivity index (χ0n) is 15.1. The molecule has 1 amide bonds. The summed E-state index contributed by atoms with van der Waals surface area (Å²) in [7, 11) is 4.65. The van der Waals surface area contributed by atoms with Gasteiger partial charge in [0.25, 0.3) is 0 Å². The minimum Gasteiger partial charge on any atom is -0.496 e. The average Bonchev–Trinajstić information content (AvgIpc) is 3.37. The fourth-order valence-electron chi connectivity index (χ4n) is 2.43. The number of carbonyl (C=O) groups is 1. The molecule has 0 saturated heterocycles. The average molecular weight is 389 g/mol. The van der Waals surface area contributed by atoms with Crippen molar-refractivity contribution in [2.75, 3.05) is 21.3 Å². The van der Waals surface area contributed by atoms with E-state index in [-0.39, 0.29) is 19.0 Å². The number of tetrazole rings is 1. The Morgan fingerprint density at radius 3 is 2.56 bits per heavy atom. The quantitative estimate of drug-likeness (QED) is 0.626. The molecule has 3 rings (SSSR count). The van der Waals surface area contributed by atoms with Crippen LogP contribution in [0.15, 0.2) is 29.0 Å². The first-order valence-electron chi connectivity index (χ1n) is 8.00. The number of thiophene rings is 1. The van der Waals surface area contributed by atoms with Crippen molar-refractivity contribution in [3.63, 3.8) is 0 Å². The van der Waals surface area contributed by atoms with Crippen molar-refractivity contribution in [1.29, 1.82) is 0 Å². The molecule has 1 aromatic carbocycles. The van der Waals surface area contributed by atoms with E-state index < -0.39 is 0 Å². The molecule has 0 unspecified atom stereocenters. The van der Waals surface area contributed by atoms with E-state index in [1.165, 1.54) is 4.80 Å². The van der Waals surface area contributed by atoms with Gasteiger partial charge in [-0.3, -0.25) is 4.79 Å². The number of methoxy groups -OCH3 is 3. The molecule has 2 heterocycles. The first kappa shape index (κ1) is 18.6. The maximum absolute atomic E-state index is 12.2. The van der Waals surface area contributed by atoms with E-state index in [9.17, 15) is 4.79 Å². The van der Waals surface area contributed by atoms with Crippen molar-refractivity contribution in [2.24, 2.45) is 0 Å². The van der Waals surface area contributed by atoms with E-state index in [1.807, 2.05) is 16.8 Å². The Kier molecular flexibility index (Phi) is 5.87. The van der Waals surface area contributed by atoms with Gasteiger partial charge in [0.2, 0.25) is 11.7 Å². The van der Waals surface area contributed by atoms with Crippen molar-refractivity contribution in [3.05, 3.63) is 34.5 Å². The summed E-state index contributed by atoms with van der Waals surface area (Å²) in [6.07, 6.45) is 0. The molecule has 0 aliphatic carbocycles. The number of benzene rings is 1. The summed E-state index contributed by atoms with van der Waals surface area (Å²) >= 11 is 1.54. The summed E-state index contributed by atoms with van der Waals surface area (Å²) in [5, 5.41) is 18.7. The highest BCUT2D eigenvalue weighted by atomic mass is 32.1. The molecule has 0 aliphatic heterocycles. The van der Waals surface area contributed by atoms with Crippen LogP contribution in [0.25, 0.3) is 11.4 Å². The number of aromatic nitrogens is 4. The summed E-state index contributed by atoms with van der Waals surface area (Å²) in [5.41, 5.74) is 1.63. The molecule has 0 radical (unpaired) electrons. The van der Waals surface area contributed by atoms with Crippen LogP contribution in [0.1, 0.15) is 5.56 Å². The van der Waals surface area contributed by atoms with Gasteiger partial charge in [-0.25, -0.2) is 0 Å². The lowest BCUT2D eigenvalue weighted by molar-refractivity contribution is -0.122. The number of hydrogen-bond donors (Lipinski definition) is 1. The largest absolute Gasteiger partial charge is 0.496 e. The summed E-state index contributed by atoms with van der Waals surface area (Å²) in [4.78, 5) is 13.5. The smallest absolute Gasteiger partial charge is 0.243 e. The third-order valence-corrected chi connectivity index (χ3v) is 4.46. The summed E-state index contributed by atoms with van der Waals surface area (Å²) in [6.45, 7) is 0.223. The lowest BCUT2D eigenvalue weighted by atomic mass is 10.1. The maximum Gasteiger partial charge on any atom is 0.243 e. The summed E-state index contributed by atoms with van der Waals surface area (Å²) in [6, 6.07) is 5.38. The van der Waals surface area contributed by atoms with Crippen LogP contribution in [0.3, 0.4) is 0 Å². The molecule has 0 saturated carbocycles. The van der Waals surface area contributed by atoms with Gasteiger partial charge in [0.05, 0.1) is 21.3 Å². The molecule has 142 valence electrons.